The minimum absolute atomic E-state index is 0.000774. The van der Waals surface area contributed by atoms with Crippen LogP contribution in [0.1, 0.15) is 63.0 Å². The molecule has 0 radical (unpaired) electrons. The van der Waals surface area contributed by atoms with Gasteiger partial charge in [0, 0.05) is 67.1 Å². The number of rotatable bonds is 30. The van der Waals surface area contributed by atoms with Crippen molar-refractivity contribution in [3.63, 3.8) is 0 Å². The Labute approximate surface area is 407 Å². The van der Waals surface area contributed by atoms with E-state index in [1.807, 2.05) is 46.8 Å². The van der Waals surface area contributed by atoms with Gasteiger partial charge in [0.25, 0.3) is 30.4 Å². The van der Waals surface area contributed by atoms with E-state index >= 15 is 0 Å². The van der Waals surface area contributed by atoms with Crippen molar-refractivity contribution in [1.29, 1.82) is 0 Å². The van der Waals surface area contributed by atoms with Crippen LogP contribution in [0.3, 0.4) is 0 Å². The number of nitrogens with zero attached hydrogens (tertiary/aromatic N) is 3. The molecule has 1 aromatic heterocycles. The Bertz CT molecular complexity index is 2800. The summed E-state index contributed by atoms with van der Waals surface area (Å²) < 4.78 is 131. The Balaban J connectivity index is 1.40. The number of hydrogen-bond acceptors (Lipinski definition) is 16. The molecule has 1 aromatic carbocycles. The Kier molecular flexibility index (Phi) is 20.6. The first-order valence-electron chi connectivity index (χ1n) is 22.5. The monoisotopic (exact) mass is 1040 g/mol. The van der Waals surface area contributed by atoms with Crippen molar-refractivity contribution in [2.75, 3.05) is 89.4 Å². The van der Waals surface area contributed by atoms with Gasteiger partial charge in [-0.2, -0.15) is 25.3 Å². The van der Waals surface area contributed by atoms with Crippen molar-refractivity contribution in [3.8, 4) is 23.1 Å². The van der Waals surface area contributed by atoms with Crippen LogP contribution in [0.4, 0.5) is 5.69 Å². The second-order valence-electron chi connectivity index (χ2n) is 16.6. The van der Waals surface area contributed by atoms with E-state index in [-0.39, 0.29) is 37.1 Å². The number of benzene rings is 2. The van der Waals surface area contributed by atoms with Gasteiger partial charge < -0.3 is 43.3 Å². The number of ether oxygens (including phenoxy) is 4. The summed E-state index contributed by atoms with van der Waals surface area (Å²) in [5, 5.41) is 20.3. The average molecular weight is 1040 g/mol. The maximum Gasteiger partial charge on any atom is 0.333 e. The smallest absolute Gasteiger partial charge is 0.333 e. The third-order valence-corrected chi connectivity index (χ3v) is 13.9. The van der Waals surface area contributed by atoms with Crippen molar-refractivity contribution in [1.82, 2.24) is 9.31 Å². The highest BCUT2D eigenvalue weighted by atomic mass is 32.2. The molecule has 386 valence electrons. The Morgan fingerprint density at radius 3 is 2.07 bits per heavy atom. The Morgan fingerprint density at radius 2 is 1.41 bits per heavy atom. The summed E-state index contributed by atoms with van der Waals surface area (Å²) in [4.78, 5) is 19.1. The van der Waals surface area contributed by atoms with Gasteiger partial charge in [0.05, 0.1) is 68.4 Å². The number of aromatic nitrogens is 1. The molecule has 0 bridgehead atoms. The molecule has 3 aliphatic rings. The van der Waals surface area contributed by atoms with Gasteiger partial charge in [0.15, 0.2) is 6.54 Å². The highest BCUT2D eigenvalue weighted by Gasteiger charge is 2.43. The van der Waals surface area contributed by atoms with Crippen molar-refractivity contribution >= 4 is 48.1 Å². The summed E-state index contributed by atoms with van der Waals surface area (Å²) in [6.07, 6.45) is 8.65. The first kappa shape index (κ1) is 55.8. The molecule has 0 amide bonds. The second-order valence-corrected chi connectivity index (χ2v) is 21.1. The van der Waals surface area contributed by atoms with Crippen LogP contribution in [0.25, 0.3) is 17.4 Å². The topological polar surface area (TPSA) is 291 Å². The number of anilines is 1. The fourth-order valence-corrected chi connectivity index (χ4v) is 9.54. The largest absolute Gasteiger partial charge is 0.492 e. The molecule has 0 fully saturated rings. The van der Waals surface area contributed by atoms with Crippen molar-refractivity contribution in [3.05, 3.63) is 95.2 Å². The number of unbranched alkanes of at least 4 members (excludes halogenated alkanes) is 2. The van der Waals surface area contributed by atoms with Crippen molar-refractivity contribution in [2.45, 2.75) is 62.2 Å². The van der Waals surface area contributed by atoms with Gasteiger partial charge in [-0.15, -0.1) is 4.73 Å². The van der Waals surface area contributed by atoms with E-state index in [1.165, 1.54) is 30.5 Å². The SMILES string of the molecule is COCCOCCOCCOCC[N+](CCCS(=O)(=O)O)=c1ccc2c(C=CC=C3N(CCCCCC(=O)On4c(O)ccc4O)c4ccc(S(=O)(=O)O)cc4C3(C)CCCS(=O)(=O)O)ccoc-2c1. The van der Waals surface area contributed by atoms with E-state index < -0.39 is 65.0 Å². The maximum absolute atomic E-state index is 12.5. The van der Waals surface area contributed by atoms with Crippen LogP contribution in [0, 0.1) is 0 Å². The van der Waals surface area contributed by atoms with Crippen LogP contribution in [0.15, 0.2) is 88.0 Å². The normalized spacial score (nSPS) is 16.4. The predicted octanol–water partition coefficient (Wildman–Crippen LogP) is 4.15. The summed E-state index contributed by atoms with van der Waals surface area (Å²) in [6, 6.07) is 13.8. The molecule has 0 saturated carbocycles. The Morgan fingerprint density at radius 1 is 0.757 bits per heavy atom. The molecular weight excluding hydrogens is 979 g/mol. The van der Waals surface area contributed by atoms with Gasteiger partial charge >= 0.3 is 5.97 Å². The number of hydrogen-bond donors (Lipinski definition) is 5. The minimum Gasteiger partial charge on any atom is -0.492 e. The third-order valence-electron chi connectivity index (χ3n) is 11.5. The van der Waals surface area contributed by atoms with Crippen LogP contribution in [0.2, 0.25) is 0 Å². The standard InChI is InChI=1S/C46H61N3O18S3/c1-46(19-7-31-68(53,54)55)39-34-37(70(59,60)61)13-15-40(39)48(21-5-3-4-11-45(52)67-49-43(50)16-17-44(49)51)42(46)10-6-9-35-18-23-66-41-33-36(12-14-38(35)41)47(20-8-32-69(56,57)58)22-24-63-27-28-65-30-29-64-26-25-62-2/h6,9-10,12-18,23,33-34H,3-5,7-8,11,19-22,24-32H2,1-2H3,(H4-,50,51,53,54,55,56,57,58,59,60,61)/p+1. The zero-order valence-electron chi connectivity index (χ0n) is 39.1. The number of methoxy groups -OCH3 is 1. The van der Waals surface area contributed by atoms with E-state index in [0.29, 0.717) is 111 Å². The van der Waals surface area contributed by atoms with Crippen LogP contribution in [0.5, 0.6) is 11.8 Å². The maximum atomic E-state index is 12.5. The molecule has 24 heteroatoms. The molecule has 21 nitrogen and oxygen atoms in total. The van der Waals surface area contributed by atoms with E-state index in [4.69, 9.17) is 28.2 Å². The van der Waals surface area contributed by atoms with Crippen LogP contribution >= 0.6 is 0 Å². The van der Waals surface area contributed by atoms with E-state index in [9.17, 15) is 53.9 Å². The van der Waals surface area contributed by atoms with Gasteiger partial charge in [-0.05, 0) is 80.1 Å². The quantitative estimate of drug-likeness (QED) is 0.0278. The number of fused-ring (bicyclic) bond motifs is 2. The molecule has 0 saturated heterocycles. The van der Waals surface area contributed by atoms with Crippen LogP contribution < -0.4 is 19.7 Å². The summed E-state index contributed by atoms with van der Waals surface area (Å²) in [5.74, 6) is -2.06. The lowest BCUT2D eigenvalue weighted by molar-refractivity contribution is -0.145. The van der Waals surface area contributed by atoms with Gasteiger partial charge in [0.2, 0.25) is 17.1 Å². The van der Waals surface area contributed by atoms with Gasteiger partial charge in [-0.1, -0.05) is 18.6 Å². The van der Waals surface area contributed by atoms with E-state index in [1.54, 1.807) is 25.3 Å². The molecule has 1 aliphatic carbocycles. The molecule has 1 unspecified atom stereocenters. The fraction of sp³-hybridized carbons (Fsp3) is 0.478. The van der Waals surface area contributed by atoms with Gasteiger partial charge in [0.1, 0.15) is 18.9 Å². The molecule has 5 rings (SSSR count). The zero-order chi connectivity index (χ0) is 51.0. The second kappa shape index (κ2) is 25.8. The summed E-state index contributed by atoms with van der Waals surface area (Å²) in [7, 11) is -11.6. The van der Waals surface area contributed by atoms with Crippen molar-refractivity contribution < 1.29 is 82.1 Å². The van der Waals surface area contributed by atoms with Gasteiger partial charge in [-0.25, -0.2) is 9.37 Å². The molecule has 5 N–H and O–H groups in total. The first-order valence-corrected chi connectivity index (χ1v) is 27.2. The highest BCUT2D eigenvalue weighted by molar-refractivity contribution is 7.86. The van der Waals surface area contributed by atoms with E-state index in [2.05, 4.69) is 0 Å². The first-order chi connectivity index (χ1) is 33.2. The van der Waals surface area contributed by atoms with Crippen molar-refractivity contribution in [2.24, 2.45) is 0 Å². The number of aromatic hydroxyl groups is 2. The average Bonchev–Trinajstić information content (AvgIpc) is 3.72. The number of carbonyl (C=O) groups excluding carboxylic acids is 1. The lowest BCUT2D eigenvalue weighted by Crippen LogP contribution is -2.35. The predicted molar refractivity (Wildman–Crippen MR) is 257 cm³/mol. The molecular formula is C46H62N3O18S3+. The molecule has 2 aliphatic heterocycles. The fourth-order valence-electron chi connectivity index (χ4n) is 8.03. The zero-order valence-corrected chi connectivity index (χ0v) is 41.5. The molecule has 1 atom stereocenters. The molecule has 0 spiro atoms. The highest BCUT2D eigenvalue weighted by Crippen LogP contribution is 2.51. The Hall–Kier alpha value is -5.15. The minimum atomic E-state index is -4.64. The number of carbonyl (C=O) groups is 1. The molecule has 3 heterocycles. The lowest BCUT2D eigenvalue weighted by atomic mass is 9.77. The summed E-state index contributed by atoms with van der Waals surface area (Å²) in [6.45, 7) is 5.61. The number of allylic oxidation sites excluding steroid dienone is 3. The molecule has 2 aromatic rings. The van der Waals surface area contributed by atoms with Crippen LogP contribution in [-0.4, -0.2) is 144 Å². The molecule has 70 heavy (non-hydrogen) atoms. The summed E-state index contributed by atoms with van der Waals surface area (Å²) >= 11 is 0. The summed E-state index contributed by atoms with van der Waals surface area (Å²) in [5.41, 5.74) is 2.20. The van der Waals surface area contributed by atoms with Gasteiger partial charge in [-0.3, -0.25) is 13.7 Å². The lowest BCUT2D eigenvalue weighted by Gasteiger charge is -2.30. The van der Waals surface area contributed by atoms with E-state index in [0.717, 1.165) is 11.1 Å². The van der Waals surface area contributed by atoms with Crippen LogP contribution in [-0.2, 0) is 59.5 Å². The third kappa shape index (κ3) is 16.7.